The maximum absolute atomic E-state index is 11.7. The van der Waals surface area contributed by atoms with Crippen LogP contribution in [0.5, 0.6) is 0 Å². The van der Waals surface area contributed by atoms with Crippen molar-refractivity contribution in [1.82, 2.24) is 4.90 Å². The number of hydrogen-bond donors (Lipinski definition) is 0. The van der Waals surface area contributed by atoms with E-state index >= 15 is 0 Å². The zero-order valence-electron chi connectivity index (χ0n) is 9.23. The van der Waals surface area contributed by atoms with Gasteiger partial charge in [0.15, 0.2) is 0 Å². The van der Waals surface area contributed by atoms with Gasteiger partial charge in [-0.05, 0) is 29.8 Å². The van der Waals surface area contributed by atoms with Crippen molar-refractivity contribution in [2.75, 3.05) is 14.1 Å². The van der Waals surface area contributed by atoms with E-state index in [1.54, 1.807) is 30.3 Å². The van der Waals surface area contributed by atoms with Gasteiger partial charge >= 0.3 is 0 Å². The summed E-state index contributed by atoms with van der Waals surface area (Å²) in [6, 6.07) is 11.6. The number of carbonyl (C=O) groups excluding carboxylic acids is 1. The van der Waals surface area contributed by atoms with Crippen LogP contribution in [0, 0.1) is 5.38 Å². The highest BCUT2D eigenvalue weighted by molar-refractivity contribution is 7.13. The van der Waals surface area contributed by atoms with Gasteiger partial charge in [0.2, 0.25) is 0 Å². The topological polar surface area (TPSA) is 20.3 Å². The predicted molar refractivity (Wildman–Crippen MR) is 66.6 cm³/mol. The van der Waals surface area contributed by atoms with Crippen molar-refractivity contribution in [3.8, 4) is 10.4 Å². The Morgan fingerprint density at radius 1 is 1.19 bits per heavy atom. The molecular formula is C13H12NOS. The van der Waals surface area contributed by atoms with E-state index in [4.69, 9.17) is 0 Å². The first-order valence-electron chi connectivity index (χ1n) is 4.96. The SMILES string of the molecule is CN(C)C(=O)c1ccc(-c2cc[c]s2)cc1. The first-order valence-corrected chi connectivity index (χ1v) is 5.78. The molecule has 0 aliphatic heterocycles. The molecule has 0 aliphatic carbocycles. The Hall–Kier alpha value is -1.61. The normalized spacial score (nSPS) is 10.1. The van der Waals surface area contributed by atoms with Crippen molar-refractivity contribution >= 4 is 17.2 Å². The van der Waals surface area contributed by atoms with Gasteiger partial charge in [-0.2, -0.15) is 0 Å². The van der Waals surface area contributed by atoms with Gasteiger partial charge in [0.05, 0.1) is 0 Å². The summed E-state index contributed by atoms with van der Waals surface area (Å²) in [5.74, 6) is 0.0318. The molecule has 2 aromatic rings. The van der Waals surface area contributed by atoms with Crippen LogP contribution in [0.4, 0.5) is 0 Å². The lowest BCUT2D eigenvalue weighted by Gasteiger charge is -2.10. The average molecular weight is 230 g/mol. The van der Waals surface area contributed by atoms with Gasteiger partial charge in [0.1, 0.15) is 0 Å². The van der Waals surface area contributed by atoms with E-state index in [1.807, 2.05) is 36.4 Å². The molecule has 1 radical (unpaired) electrons. The fraction of sp³-hybridized carbons (Fsp3) is 0.154. The molecular weight excluding hydrogens is 218 g/mol. The maximum Gasteiger partial charge on any atom is 0.253 e. The Morgan fingerprint density at radius 3 is 2.38 bits per heavy atom. The largest absolute Gasteiger partial charge is 0.345 e. The van der Waals surface area contributed by atoms with Gasteiger partial charge in [0, 0.05) is 29.9 Å². The van der Waals surface area contributed by atoms with Crippen LogP contribution < -0.4 is 0 Å². The summed E-state index contributed by atoms with van der Waals surface area (Å²) < 4.78 is 0. The van der Waals surface area contributed by atoms with Crippen LogP contribution >= 0.6 is 11.3 Å². The van der Waals surface area contributed by atoms with E-state index in [1.165, 1.54) is 4.88 Å². The Labute approximate surface area is 99.1 Å². The van der Waals surface area contributed by atoms with Gasteiger partial charge in [-0.3, -0.25) is 4.79 Å². The minimum Gasteiger partial charge on any atom is -0.345 e. The number of thiophene rings is 1. The molecule has 2 rings (SSSR count). The molecule has 0 spiro atoms. The van der Waals surface area contributed by atoms with Crippen molar-refractivity contribution in [3.63, 3.8) is 0 Å². The number of benzene rings is 1. The van der Waals surface area contributed by atoms with E-state index in [9.17, 15) is 4.79 Å². The van der Waals surface area contributed by atoms with E-state index in [0.717, 1.165) is 5.56 Å². The zero-order valence-corrected chi connectivity index (χ0v) is 10.0. The van der Waals surface area contributed by atoms with Gasteiger partial charge in [-0.25, -0.2) is 0 Å². The van der Waals surface area contributed by atoms with Gasteiger partial charge in [-0.1, -0.05) is 12.1 Å². The number of hydrogen-bond acceptors (Lipinski definition) is 2. The minimum atomic E-state index is 0.0318. The van der Waals surface area contributed by atoms with E-state index in [0.29, 0.717) is 5.56 Å². The van der Waals surface area contributed by atoms with Gasteiger partial charge < -0.3 is 4.90 Å². The Kier molecular flexibility index (Phi) is 3.06. The maximum atomic E-state index is 11.7. The fourth-order valence-corrected chi connectivity index (χ4v) is 2.08. The Bertz CT molecular complexity index is 471. The van der Waals surface area contributed by atoms with Crippen LogP contribution in [0.3, 0.4) is 0 Å². The number of carbonyl (C=O) groups is 1. The number of nitrogens with zero attached hydrogens (tertiary/aromatic N) is 1. The third-order valence-electron chi connectivity index (χ3n) is 2.29. The quantitative estimate of drug-likeness (QED) is 0.776. The van der Waals surface area contributed by atoms with Crippen molar-refractivity contribution in [2.24, 2.45) is 0 Å². The molecule has 1 heterocycles. The molecule has 16 heavy (non-hydrogen) atoms. The summed E-state index contributed by atoms with van der Waals surface area (Å²) in [5.41, 5.74) is 1.84. The molecule has 1 aromatic carbocycles. The monoisotopic (exact) mass is 230 g/mol. The van der Waals surface area contributed by atoms with Crippen LogP contribution in [0.15, 0.2) is 36.4 Å². The van der Waals surface area contributed by atoms with Gasteiger partial charge in [-0.15, -0.1) is 11.3 Å². The van der Waals surface area contributed by atoms with Crippen LogP contribution in [-0.2, 0) is 0 Å². The average Bonchev–Trinajstić information content (AvgIpc) is 2.81. The molecule has 0 atom stereocenters. The second kappa shape index (κ2) is 4.49. The molecule has 0 N–H and O–H groups in total. The lowest BCUT2D eigenvalue weighted by Crippen LogP contribution is -2.21. The highest BCUT2D eigenvalue weighted by atomic mass is 32.1. The molecule has 0 aliphatic rings. The fourth-order valence-electron chi connectivity index (χ4n) is 1.43. The smallest absolute Gasteiger partial charge is 0.253 e. The summed E-state index contributed by atoms with van der Waals surface area (Å²) in [5, 5.41) is 3.05. The molecule has 0 saturated heterocycles. The molecule has 0 bridgehead atoms. The van der Waals surface area contributed by atoms with E-state index < -0.39 is 0 Å². The first kappa shape index (κ1) is 10.9. The summed E-state index contributed by atoms with van der Waals surface area (Å²) in [4.78, 5) is 14.4. The predicted octanol–water partition coefficient (Wildman–Crippen LogP) is 2.92. The van der Waals surface area contributed by atoms with Crippen molar-refractivity contribution in [2.45, 2.75) is 0 Å². The van der Waals surface area contributed by atoms with Crippen molar-refractivity contribution in [1.29, 1.82) is 0 Å². The van der Waals surface area contributed by atoms with Crippen molar-refractivity contribution < 1.29 is 4.79 Å². The molecule has 1 aromatic heterocycles. The molecule has 81 valence electrons. The zero-order chi connectivity index (χ0) is 11.5. The summed E-state index contributed by atoms with van der Waals surface area (Å²) >= 11 is 1.58. The van der Waals surface area contributed by atoms with Gasteiger partial charge in [0.25, 0.3) is 5.91 Å². The number of rotatable bonds is 2. The molecule has 0 fully saturated rings. The first-order chi connectivity index (χ1) is 7.68. The molecule has 3 heteroatoms. The van der Waals surface area contributed by atoms with Crippen molar-refractivity contribution in [3.05, 3.63) is 47.3 Å². The van der Waals surface area contributed by atoms with E-state index in [2.05, 4.69) is 5.38 Å². The van der Waals surface area contributed by atoms with E-state index in [-0.39, 0.29) is 5.91 Å². The third kappa shape index (κ3) is 2.14. The van der Waals surface area contributed by atoms with Crippen LogP contribution in [0.25, 0.3) is 10.4 Å². The number of amides is 1. The molecule has 0 saturated carbocycles. The Balaban J connectivity index is 2.27. The van der Waals surface area contributed by atoms with Crippen LogP contribution in [-0.4, -0.2) is 24.9 Å². The second-order valence-corrected chi connectivity index (χ2v) is 4.57. The summed E-state index contributed by atoms with van der Waals surface area (Å²) in [7, 11) is 3.51. The molecule has 1 amide bonds. The molecule has 2 nitrogen and oxygen atoms in total. The highest BCUT2D eigenvalue weighted by Crippen LogP contribution is 2.24. The van der Waals surface area contributed by atoms with Crippen LogP contribution in [0.1, 0.15) is 10.4 Å². The highest BCUT2D eigenvalue weighted by Gasteiger charge is 2.07. The second-order valence-electron chi connectivity index (χ2n) is 3.69. The summed E-state index contributed by atoms with van der Waals surface area (Å²) in [6.45, 7) is 0. The lowest BCUT2D eigenvalue weighted by molar-refractivity contribution is 0.0827. The standard InChI is InChI=1S/C13H12NOS/c1-14(2)13(15)11-7-5-10(6-8-11)12-4-3-9-16-12/h3-8H,1-2H3. The lowest BCUT2D eigenvalue weighted by atomic mass is 10.1. The molecule has 0 unspecified atom stereocenters. The minimum absolute atomic E-state index is 0.0318. The van der Waals surface area contributed by atoms with Crippen LogP contribution in [0.2, 0.25) is 0 Å². The third-order valence-corrected chi connectivity index (χ3v) is 3.14. The summed E-state index contributed by atoms with van der Waals surface area (Å²) in [6.07, 6.45) is 0. The Morgan fingerprint density at radius 2 is 1.88 bits per heavy atom.